The molecule has 1 aromatic carbocycles. The highest BCUT2D eigenvalue weighted by molar-refractivity contribution is 5.67. The van der Waals surface area contributed by atoms with Gasteiger partial charge < -0.3 is 14.6 Å². The van der Waals surface area contributed by atoms with Gasteiger partial charge in [-0.1, -0.05) is 0 Å². The summed E-state index contributed by atoms with van der Waals surface area (Å²) < 4.78 is 12.1. The Balaban J connectivity index is 2.29. The predicted molar refractivity (Wildman–Crippen MR) is 73.2 cm³/mol. The second kappa shape index (κ2) is 6.69. The summed E-state index contributed by atoms with van der Waals surface area (Å²) in [5, 5.41) is 20.2. The number of ether oxygens (including phenoxy) is 2. The number of benzene rings is 1. The molecule has 2 rings (SSSR count). The van der Waals surface area contributed by atoms with Crippen LogP contribution in [0, 0.1) is 0 Å². The smallest absolute Gasteiger partial charge is 0.303 e. The van der Waals surface area contributed by atoms with Crippen molar-refractivity contribution >= 4 is 5.97 Å². The van der Waals surface area contributed by atoms with Gasteiger partial charge in [0.1, 0.15) is 11.5 Å². The van der Waals surface area contributed by atoms with E-state index >= 15 is 0 Å². The van der Waals surface area contributed by atoms with Crippen molar-refractivity contribution in [1.29, 1.82) is 0 Å². The summed E-state index contributed by atoms with van der Waals surface area (Å²) >= 11 is 0. The van der Waals surface area contributed by atoms with Gasteiger partial charge in [-0.3, -0.25) is 4.79 Å². The average molecular weight is 292 g/mol. The van der Waals surface area contributed by atoms with Crippen molar-refractivity contribution < 1.29 is 19.4 Å². The van der Waals surface area contributed by atoms with E-state index in [1.807, 2.05) is 0 Å². The number of carboxylic acids is 1. The quantitative estimate of drug-likeness (QED) is 0.819. The lowest BCUT2D eigenvalue weighted by Gasteiger charge is -2.10. The maximum absolute atomic E-state index is 10.6. The van der Waals surface area contributed by atoms with Gasteiger partial charge >= 0.3 is 5.97 Å². The monoisotopic (exact) mass is 292 g/mol. The van der Waals surface area contributed by atoms with Gasteiger partial charge in [-0.05, 0) is 35.0 Å². The van der Waals surface area contributed by atoms with Gasteiger partial charge in [0.05, 0.1) is 19.8 Å². The molecule has 0 bridgehead atoms. The fraction of sp³-hybridized carbons (Fsp3) is 0.385. The Bertz CT molecular complexity index is 626. The molecule has 1 N–H and O–H groups in total. The Morgan fingerprint density at radius 1 is 1.33 bits per heavy atom. The summed E-state index contributed by atoms with van der Waals surface area (Å²) in [6.07, 6.45) is 0.508. The number of aromatic nitrogens is 4. The van der Waals surface area contributed by atoms with E-state index < -0.39 is 5.97 Å². The van der Waals surface area contributed by atoms with Crippen LogP contribution in [0.5, 0.6) is 11.5 Å². The maximum atomic E-state index is 10.6. The molecule has 21 heavy (non-hydrogen) atoms. The molecule has 0 atom stereocenters. The van der Waals surface area contributed by atoms with Gasteiger partial charge in [0.25, 0.3) is 0 Å². The summed E-state index contributed by atoms with van der Waals surface area (Å²) in [5.41, 5.74) is 0.692. The zero-order valence-electron chi connectivity index (χ0n) is 11.8. The first kappa shape index (κ1) is 14.8. The molecule has 0 saturated carbocycles. The lowest BCUT2D eigenvalue weighted by molar-refractivity contribution is -0.137. The molecule has 0 spiro atoms. The third-order valence-electron chi connectivity index (χ3n) is 2.94. The second-order valence-electron chi connectivity index (χ2n) is 4.29. The summed E-state index contributed by atoms with van der Waals surface area (Å²) in [6.45, 7) is 0.412. The normalized spacial score (nSPS) is 10.4. The average Bonchev–Trinajstić information content (AvgIpc) is 2.94. The highest BCUT2D eigenvalue weighted by Gasteiger charge is 2.15. The van der Waals surface area contributed by atoms with Crippen LogP contribution in [0.3, 0.4) is 0 Å². The first-order valence-corrected chi connectivity index (χ1v) is 6.36. The number of aliphatic carboxylic acids is 1. The Labute approximate surface area is 121 Å². The zero-order chi connectivity index (χ0) is 15.2. The number of nitrogens with zero attached hydrogens (tertiary/aromatic N) is 4. The first-order chi connectivity index (χ1) is 10.2. The number of rotatable bonds is 7. The molecule has 0 aliphatic rings. The molecular weight excluding hydrogens is 276 g/mol. The van der Waals surface area contributed by atoms with Gasteiger partial charge in [0, 0.05) is 13.0 Å². The van der Waals surface area contributed by atoms with Crippen LogP contribution in [0.4, 0.5) is 0 Å². The van der Waals surface area contributed by atoms with Crippen LogP contribution in [-0.2, 0) is 11.3 Å². The molecule has 0 fully saturated rings. The second-order valence-corrected chi connectivity index (χ2v) is 4.29. The molecule has 0 aliphatic carbocycles. The number of methoxy groups -OCH3 is 2. The molecule has 0 saturated heterocycles. The predicted octanol–water partition coefficient (Wildman–Crippen LogP) is 1.22. The minimum absolute atomic E-state index is 0.0640. The van der Waals surface area contributed by atoms with Crippen molar-refractivity contribution in [3.63, 3.8) is 0 Å². The lowest BCUT2D eigenvalue weighted by atomic mass is 10.1. The molecule has 1 aromatic heterocycles. The SMILES string of the molecule is COc1ccc(OC)c(-c2nnnn2CCCC(=O)O)c1. The third-order valence-corrected chi connectivity index (χ3v) is 2.94. The fourth-order valence-electron chi connectivity index (χ4n) is 1.92. The summed E-state index contributed by atoms with van der Waals surface area (Å²) in [4.78, 5) is 10.6. The van der Waals surface area contributed by atoms with Crippen molar-refractivity contribution in [1.82, 2.24) is 20.2 Å². The molecular formula is C13H16N4O4. The summed E-state index contributed by atoms with van der Waals surface area (Å²) in [7, 11) is 3.13. The Morgan fingerprint density at radius 2 is 2.14 bits per heavy atom. The number of hydrogen-bond acceptors (Lipinski definition) is 6. The van der Waals surface area contributed by atoms with E-state index in [9.17, 15) is 4.79 Å². The summed E-state index contributed by atoms with van der Waals surface area (Å²) in [6, 6.07) is 5.32. The van der Waals surface area contributed by atoms with Gasteiger partial charge in [-0.2, -0.15) is 0 Å². The molecule has 2 aromatic rings. The number of carbonyl (C=O) groups is 1. The van der Waals surface area contributed by atoms with E-state index in [-0.39, 0.29) is 6.42 Å². The van der Waals surface area contributed by atoms with E-state index in [0.717, 1.165) is 0 Å². The minimum Gasteiger partial charge on any atom is -0.497 e. The largest absolute Gasteiger partial charge is 0.497 e. The van der Waals surface area contributed by atoms with Crippen LogP contribution in [-0.4, -0.2) is 45.5 Å². The number of aryl methyl sites for hydroxylation is 1. The van der Waals surface area contributed by atoms with Crippen LogP contribution in [0.25, 0.3) is 11.4 Å². The van der Waals surface area contributed by atoms with E-state index in [1.54, 1.807) is 37.1 Å². The Morgan fingerprint density at radius 3 is 2.81 bits per heavy atom. The van der Waals surface area contributed by atoms with E-state index in [1.165, 1.54) is 0 Å². The van der Waals surface area contributed by atoms with Crippen LogP contribution in [0.15, 0.2) is 18.2 Å². The van der Waals surface area contributed by atoms with Crippen LogP contribution >= 0.6 is 0 Å². The Hall–Kier alpha value is -2.64. The van der Waals surface area contributed by atoms with Crippen LogP contribution in [0.1, 0.15) is 12.8 Å². The maximum Gasteiger partial charge on any atom is 0.303 e. The third kappa shape index (κ3) is 3.47. The van der Waals surface area contributed by atoms with Crippen molar-refractivity contribution in [3.05, 3.63) is 18.2 Å². The molecule has 0 unspecified atom stereocenters. The van der Waals surface area contributed by atoms with Crippen LogP contribution in [0.2, 0.25) is 0 Å². The minimum atomic E-state index is -0.844. The van der Waals surface area contributed by atoms with Crippen molar-refractivity contribution in [2.45, 2.75) is 19.4 Å². The number of carboxylic acid groups (broad SMARTS) is 1. The molecule has 0 radical (unpaired) electrons. The van der Waals surface area contributed by atoms with Gasteiger partial charge in [0.2, 0.25) is 0 Å². The topological polar surface area (TPSA) is 99.4 Å². The standard InChI is InChI=1S/C13H16N4O4/c1-20-9-5-6-11(21-2)10(8-9)13-14-15-16-17(13)7-3-4-12(18)19/h5-6,8H,3-4,7H2,1-2H3,(H,18,19). The van der Waals surface area contributed by atoms with Gasteiger partial charge in [0.15, 0.2) is 5.82 Å². The highest BCUT2D eigenvalue weighted by Crippen LogP contribution is 2.31. The number of tetrazole rings is 1. The van der Waals surface area contributed by atoms with E-state index in [4.69, 9.17) is 14.6 Å². The van der Waals surface area contributed by atoms with E-state index in [2.05, 4.69) is 15.5 Å². The van der Waals surface area contributed by atoms with Gasteiger partial charge in [-0.25, -0.2) is 4.68 Å². The lowest BCUT2D eigenvalue weighted by Crippen LogP contribution is -2.06. The van der Waals surface area contributed by atoms with Gasteiger partial charge in [-0.15, -0.1) is 5.10 Å². The first-order valence-electron chi connectivity index (χ1n) is 6.36. The van der Waals surface area contributed by atoms with Crippen LogP contribution < -0.4 is 9.47 Å². The highest BCUT2D eigenvalue weighted by atomic mass is 16.5. The van der Waals surface area contributed by atoms with E-state index in [0.29, 0.717) is 35.9 Å². The molecule has 112 valence electrons. The molecule has 0 amide bonds. The summed E-state index contributed by atoms with van der Waals surface area (Å²) in [5.74, 6) is 0.940. The molecule has 8 nitrogen and oxygen atoms in total. The molecule has 8 heteroatoms. The van der Waals surface area contributed by atoms with Crippen molar-refractivity contribution in [2.75, 3.05) is 14.2 Å². The fourth-order valence-corrected chi connectivity index (χ4v) is 1.92. The molecule has 0 aliphatic heterocycles. The molecule has 1 heterocycles. The van der Waals surface area contributed by atoms with Crippen molar-refractivity contribution in [3.8, 4) is 22.9 Å². The zero-order valence-corrected chi connectivity index (χ0v) is 11.8. The number of hydrogen-bond donors (Lipinski definition) is 1. The Kier molecular flexibility index (Phi) is 4.70. The van der Waals surface area contributed by atoms with Crippen molar-refractivity contribution in [2.24, 2.45) is 0 Å².